The van der Waals surface area contributed by atoms with Crippen molar-refractivity contribution in [2.24, 2.45) is 0 Å². The van der Waals surface area contributed by atoms with Crippen molar-refractivity contribution in [3.8, 4) is 0 Å². The van der Waals surface area contributed by atoms with E-state index in [4.69, 9.17) is 14.2 Å². The Bertz CT molecular complexity index is 1250. The van der Waals surface area contributed by atoms with Gasteiger partial charge in [-0.15, -0.1) is 0 Å². The number of ether oxygens (including phenoxy) is 3. The number of allylic oxidation sites excluding steroid dienone is 16. The molecule has 1 atom stereocenters. The standard InChI is InChI=1S/C55H90O6/c1-4-7-10-13-16-19-22-24-25-26-27-28-29-31-33-36-39-42-45-48-54(57)60-51-52(50-59-53(56)47-44-41-38-35-32-21-18-15-12-9-6-3)61-55(58)49-46-43-40-37-34-30-23-20-17-14-11-8-5-2/h7,10,15-16,18-19,21,24-25,27-28,31-33,39,42,52H,4-6,8-9,11-14,17,20,22-23,26,29-30,34-38,40-41,43-51H2,1-3H3/b10-7-,18-15-,19-16-,25-24-,28-27-,32-21-,33-31-,42-39-. The highest BCUT2D eigenvalue weighted by atomic mass is 16.6. The van der Waals surface area contributed by atoms with Gasteiger partial charge in [-0.1, -0.05) is 214 Å². The van der Waals surface area contributed by atoms with E-state index in [-0.39, 0.29) is 37.5 Å². The molecule has 0 aliphatic carbocycles. The molecule has 0 aliphatic heterocycles. The molecule has 0 heterocycles. The van der Waals surface area contributed by atoms with Crippen molar-refractivity contribution < 1.29 is 28.6 Å². The molecule has 0 aromatic heterocycles. The lowest BCUT2D eigenvalue weighted by atomic mass is 10.0. The number of carbonyl (C=O) groups is 3. The number of hydrogen-bond acceptors (Lipinski definition) is 6. The maximum atomic E-state index is 12.8. The summed E-state index contributed by atoms with van der Waals surface area (Å²) in [5.74, 6) is -1.03. The SMILES string of the molecule is CC/C=C\C/C=C\C/C=C\C/C=C\C/C=C\C/C=C\CCC(=O)OCC(COC(=O)CCCCC/C=C\C=C/CCCC)OC(=O)CCCCCCCCCCCCCCC. The summed E-state index contributed by atoms with van der Waals surface area (Å²) in [4.78, 5) is 37.8. The summed E-state index contributed by atoms with van der Waals surface area (Å²) < 4.78 is 16.7. The highest BCUT2D eigenvalue weighted by Crippen LogP contribution is 2.14. The van der Waals surface area contributed by atoms with Crippen LogP contribution in [0.25, 0.3) is 0 Å². The molecule has 0 fully saturated rings. The third-order valence-corrected chi connectivity index (χ3v) is 10.1. The molecule has 0 aliphatic rings. The topological polar surface area (TPSA) is 78.9 Å². The van der Waals surface area contributed by atoms with Crippen LogP contribution in [0.4, 0.5) is 0 Å². The molecule has 6 nitrogen and oxygen atoms in total. The molecule has 0 saturated carbocycles. The fourth-order valence-corrected chi connectivity index (χ4v) is 6.38. The van der Waals surface area contributed by atoms with Crippen LogP contribution in [0.15, 0.2) is 97.2 Å². The smallest absolute Gasteiger partial charge is 0.306 e. The van der Waals surface area contributed by atoms with E-state index in [1.807, 2.05) is 12.2 Å². The molecule has 0 bridgehead atoms. The minimum Gasteiger partial charge on any atom is -0.462 e. The molecule has 0 amide bonds. The minimum atomic E-state index is -0.816. The average Bonchev–Trinajstić information content (AvgIpc) is 3.26. The van der Waals surface area contributed by atoms with Crippen molar-refractivity contribution >= 4 is 17.9 Å². The molecule has 61 heavy (non-hydrogen) atoms. The van der Waals surface area contributed by atoms with E-state index in [2.05, 4.69) is 106 Å². The van der Waals surface area contributed by atoms with Crippen molar-refractivity contribution in [1.82, 2.24) is 0 Å². The first-order valence-electron chi connectivity index (χ1n) is 24.8. The molecule has 0 aromatic carbocycles. The zero-order valence-electron chi connectivity index (χ0n) is 39.4. The molecule has 0 spiro atoms. The van der Waals surface area contributed by atoms with Gasteiger partial charge in [0.1, 0.15) is 13.2 Å². The fourth-order valence-electron chi connectivity index (χ4n) is 6.38. The van der Waals surface area contributed by atoms with Gasteiger partial charge in [0.05, 0.1) is 0 Å². The lowest BCUT2D eigenvalue weighted by Crippen LogP contribution is -2.30. The van der Waals surface area contributed by atoms with E-state index in [1.54, 1.807) is 0 Å². The summed E-state index contributed by atoms with van der Waals surface area (Å²) in [5, 5.41) is 0. The number of hydrogen-bond donors (Lipinski definition) is 0. The van der Waals surface area contributed by atoms with Crippen molar-refractivity contribution in [1.29, 1.82) is 0 Å². The lowest BCUT2D eigenvalue weighted by molar-refractivity contribution is -0.166. The van der Waals surface area contributed by atoms with E-state index in [0.29, 0.717) is 19.3 Å². The third-order valence-electron chi connectivity index (χ3n) is 10.1. The van der Waals surface area contributed by atoms with E-state index in [1.165, 1.54) is 77.0 Å². The van der Waals surface area contributed by atoms with Gasteiger partial charge in [0.2, 0.25) is 0 Å². The van der Waals surface area contributed by atoms with E-state index >= 15 is 0 Å². The first-order valence-corrected chi connectivity index (χ1v) is 24.8. The van der Waals surface area contributed by atoms with Crippen LogP contribution in [0.3, 0.4) is 0 Å². The Morgan fingerprint density at radius 1 is 0.361 bits per heavy atom. The van der Waals surface area contributed by atoms with Gasteiger partial charge >= 0.3 is 17.9 Å². The molecule has 6 heteroatoms. The van der Waals surface area contributed by atoms with Crippen molar-refractivity contribution in [3.63, 3.8) is 0 Å². The number of carbonyl (C=O) groups excluding carboxylic acids is 3. The maximum Gasteiger partial charge on any atom is 0.306 e. The van der Waals surface area contributed by atoms with Gasteiger partial charge in [-0.2, -0.15) is 0 Å². The summed E-state index contributed by atoms with van der Waals surface area (Å²) in [6.45, 7) is 6.36. The first kappa shape index (κ1) is 57.3. The molecule has 346 valence electrons. The Morgan fingerprint density at radius 2 is 0.738 bits per heavy atom. The number of esters is 3. The van der Waals surface area contributed by atoms with Crippen LogP contribution in [-0.2, 0) is 28.6 Å². The van der Waals surface area contributed by atoms with Crippen LogP contribution >= 0.6 is 0 Å². The fraction of sp³-hybridized carbons (Fsp3) is 0.655. The van der Waals surface area contributed by atoms with Crippen LogP contribution in [0.1, 0.15) is 213 Å². The second kappa shape index (κ2) is 49.0. The zero-order chi connectivity index (χ0) is 44.4. The van der Waals surface area contributed by atoms with Crippen LogP contribution in [0, 0.1) is 0 Å². The van der Waals surface area contributed by atoms with Crippen LogP contribution < -0.4 is 0 Å². The predicted octanol–water partition coefficient (Wildman–Crippen LogP) is 16.2. The van der Waals surface area contributed by atoms with E-state index in [9.17, 15) is 14.4 Å². The molecule has 0 saturated heterocycles. The quantitative estimate of drug-likeness (QED) is 0.0200. The maximum absolute atomic E-state index is 12.8. The second-order valence-corrected chi connectivity index (χ2v) is 16.0. The molecule has 0 aromatic rings. The molecule has 0 radical (unpaired) electrons. The monoisotopic (exact) mass is 847 g/mol. The predicted molar refractivity (Wildman–Crippen MR) is 260 cm³/mol. The normalized spacial score (nSPS) is 12.9. The van der Waals surface area contributed by atoms with Gasteiger partial charge in [-0.25, -0.2) is 0 Å². The largest absolute Gasteiger partial charge is 0.462 e. The Morgan fingerprint density at radius 3 is 1.21 bits per heavy atom. The van der Waals surface area contributed by atoms with Gasteiger partial charge in [-0.05, 0) is 77.0 Å². The summed E-state index contributed by atoms with van der Waals surface area (Å²) in [7, 11) is 0. The zero-order valence-corrected chi connectivity index (χ0v) is 39.4. The van der Waals surface area contributed by atoms with Crippen LogP contribution in [-0.4, -0.2) is 37.2 Å². The average molecular weight is 847 g/mol. The molecular weight excluding hydrogens is 757 g/mol. The Kier molecular flexibility index (Phi) is 46.0. The highest BCUT2D eigenvalue weighted by Gasteiger charge is 2.19. The van der Waals surface area contributed by atoms with Gasteiger partial charge in [0, 0.05) is 19.3 Å². The Hall–Kier alpha value is -3.67. The van der Waals surface area contributed by atoms with Gasteiger partial charge < -0.3 is 14.2 Å². The lowest BCUT2D eigenvalue weighted by Gasteiger charge is -2.18. The number of rotatable bonds is 43. The number of unbranched alkanes of at least 4 members (excludes halogenated alkanes) is 17. The van der Waals surface area contributed by atoms with Crippen molar-refractivity contribution in [2.45, 2.75) is 219 Å². The van der Waals surface area contributed by atoms with Gasteiger partial charge in [-0.3, -0.25) is 14.4 Å². The van der Waals surface area contributed by atoms with Crippen molar-refractivity contribution in [2.75, 3.05) is 13.2 Å². The third kappa shape index (κ3) is 47.2. The van der Waals surface area contributed by atoms with Crippen LogP contribution in [0.2, 0.25) is 0 Å². The van der Waals surface area contributed by atoms with Gasteiger partial charge in [0.25, 0.3) is 0 Å². The van der Waals surface area contributed by atoms with Crippen LogP contribution in [0.5, 0.6) is 0 Å². The highest BCUT2D eigenvalue weighted by molar-refractivity contribution is 5.71. The summed E-state index contributed by atoms with van der Waals surface area (Å²) in [5.41, 5.74) is 0. The first-order chi connectivity index (χ1) is 30.0. The summed E-state index contributed by atoms with van der Waals surface area (Å²) in [6.07, 6.45) is 64.0. The van der Waals surface area contributed by atoms with Crippen molar-refractivity contribution in [3.05, 3.63) is 97.2 Å². The van der Waals surface area contributed by atoms with Gasteiger partial charge in [0.15, 0.2) is 6.10 Å². The summed E-state index contributed by atoms with van der Waals surface area (Å²) in [6, 6.07) is 0. The Labute approximate surface area is 375 Å². The summed E-state index contributed by atoms with van der Waals surface area (Å²) >= 11 is 0. The molecule has 1 unspecified atom stereocenters. The van der Waals surface area contributed by atoms with E-state index in [0.717, 1.165) is 89.9 Å². The minimum absolute atomic E-state index is 0.114. The van der Waals surface area contributed by atoms with E-state index < -0.39 is 6.10 Å². The Balaban J connectivity index is 4.51. The molecule has 0 rings (SSSR count). The second-order valence-electron chi connectivity index (χ2n) is 16.0. The molecular formula is C55H90O6. The molecule has 0 N–H and O–H groups in total.